The first kappa shape index (κ1) is 10.6. The zero-order chi connectivity index (χ0) is 11.5. The molecule has 0 saturated carbocycles. The first-order valence-corrected chi connectivity index (χ1v) is 5.49. The van der Waals surface area contributed by atoms with E-state index in [4.69, 9.17) is 5.11 Å². The topological polar surface area (TPSA) is 62.2 Å². The number of hydrogen-bond donors (Lipinski definition) is 2. The van der Waals surface area contributed by atoms with E-state index >= 15 is 0 Å². The van der Waals surface area contributed by atoms with Gasteiger partial charge in [0, 0.05) is 13.1 Å². The van der Waals surface area contributed by atoms with Gasteiger partial charge in [0.1, 0.15) is 5.75 Å². The van der Waals surface area contributed by atoms with Crippen molar-refractivity contribution in [2.45, 2.75) is 6.92 Å². The van der Waals surface area contributed by atoms with Gasteiger partial charge in [0.15, 0.2) is 5.13 Å². The molecule has 0 fully saturated rings. The molecule has 0 atom stereocenters. The molecule has 1 amide bonds. The number of carbonyl (C=O) groups excluding carboxylic acids is 1. The molecular weight excluding hydrogens is 224 g/mol. The van der Waals surface area contributed by atoms with Crippen LogP contribution in [0.4, 0.5) is 5.13 Å². The summed E-state index contributed by atoms with van der Waals surface area (Å²) < 4.78 is 0. The van der Waals surface area contributed by atoms with Gasteiger partial charge in [-0.1, -0.05) is 11.3 Å². The van der Waals surface area contributed by atoms with Crippen LogP contribution in [0.25, 0.3) is 10.4 Å². The lowest BCUT2D eigenvalue weighted by atomic mass is 10.2. The Bertz CT molecular complexity index is 505. The summed E-state index contributed by atoms with van der Waals surface area (Å²) in [5, 5.41) is 12.4. The minimum Gasteiger partial charge on any atom is -0.508 e. The van der Waals surface area contributed by atoms with E-state index in [2.05, 4.69) is 10.3 Å². The maximum Gasteiger partial charge on any atom is 0.223 e. The minimum atomic E-state index is -0.133. The molecule has 4 nitrogen and oxygen atoms in total. The van der Waals surface area contributed by atoms with Crippen molar-refractivity contribution >= 4 is 22.4 Å². The van der Waals surface area contributed by atoms with Gasteiger partial charge in [0.25, 0.3) is 0 Å². The second-order valence-corrected chi connectivity index (χ2v) is 4.29. The summed E-state index contributed by atoms with van der Waals surface area (Å²) in [7, 11) is 0. The van der Waals surface area contributed by atoms with Gasteiger partial charge in [0.05, 0.1) is 4.88 Å². The van der Waals surface area contributed by atoms with Gasteiger partial charge in [-0.3, -0.25) is 4.79 Å². The average molecular weight is 234 g/mol. The van der Waals surface area contributed by atoms with Crippen molar-refractivity contribution in [2.75, 3.05) is 5.32 Å². The predicted octanol–water partition coefficient (Wildman–Crippen LogP) is 2.47. The number of amides is 1. The molecule has 0 unspecified atom stereocenters. The summed E-state index contributed by atoms with van der Waals surface area (Å²) in [5.41, 5.74) is 0.965. The Hall–Kier alpha value is -1.88. The molecule has 2 rings (SSSR count). The third-order valence-electron chi connectivity index (χ3n) is 1.94. The molecule has 0 saturated heterocycles. The summed E-state index contributed by atoms with van der Waals surface area (Å²) in [6.45, 7) is 1.45. The van der Waals surface area contributed by atoms with Crippen molar-refractivity contribution in [1.29, 1.82) is 0 Å². The van der Waals surface area contributed by atoms with Crippen LogP contribution in [-0.2, 0) is 4.79 Å². The maximum atomic E-state index is 10.8. The SMILES string of the molecule is CC(=O)Nc1ncc(-c2ccc(O)cc2)s1. The Labute approximate surface area is 96.6 Å². The largest absolute Gasteiger partial charge is 0.508 e. The Morgan fingerprint density at radius 1 is 1.38 bits per heavy atom. The zero-order valence-electron chi connectivity index (χ0n) is 8.60. The standard InChI is InChI=1S/C11H10N2O2S/c1-7(14)13-11-12-6-10(16-11)8-2-4-9(15)5-3-8/h2-6,15H,1H3,(H,12,13,14). The molecule has 2 N–H and O–H groups in total. The number of thiazole rings is 1. The highest BCUT2D eigenvalue weighted by molar-refractivity contribution is 7.19. The van der Waals surface area contributed by atoms with Crippen LogP contribution in [0.15, 0.2) is 30.5 Å². The number of nitrogens with zero attached hydrogens (tertiary/aromatic N) is 1. The lowest BCUT2D eigenvalue weighted by Gasteiger charge is -1.96. The number of rotatable bonds is 2. The van der Waals surface area contributed by atoms with Gasteiger partial charge in [-0.05, 0) is 29.8 Å². The Morgan fingerprint density at radius 3 is 2.69 bits per heavy atom. The predicted molar refractivity (Wildman–Crippen MR) is 63.5 cm³/mol. The Balaban J connectivity index is 2.24. The van der Waals surface area contributed by atoms with E-state index in [-0.39, 0.29) is 11.7 Å². The van der Waals surface area contributed by atoms with Crippen molar-refractivity contribution in [3.63, 3.8) is 0 Å². The van der Waals surface area contributed by atoms with Crippen molar-refractivity contribution in [3.05, 3.63) is 30.5 Å². The molecule has 0 aliphatic rings. The lowest BCUT2D eigenvalue weighted by Crippen LogP contribution is -2.04. The van der Waals surface area contributed by atoms with Crippen LogP contribution in [0.1, 0.15) is 6.92 Å². The fourth-order valence-electron chi connectivity index (χ4n) is 1.24. The highest BCUT2D eigenvalue weighted by Gasteiger charge is 2.05. The van der Waals surface area contributed by atoms with E-state index in [1.807, 2.05) is 0 Å². The first-order chi connectivity index (χ1) is 7.65. The molecule has 2 aromatic rings. The highest BCUT2D eigenvalue weighted by Crippen LogP contribution is 2.29. The number of benzene rings is 1. The normalized spacial score (nSPS) is 10.1. The Morgan fingerprint density at radius 2 is 2.06 bits per heavy atom. The van der Waals surface area contributed by atoms with E-state index in [1.165, 1.54) is 18.3 Å². The van der Waals surface area contributed by atoms with Crippen molar-refractivity contribution in [3.8, 4) is 16.2 Å². The minimum absolute atomic E-state index is 0.133. The summed E-state index contributed by atoms with van der Waals surface area (Å²) >= 11 is 1.40. The molecule has 5 heteroatoms. The number of phenols is 1. The van der Waals surface area contributed by atoms with Gasteiger partial charge in [-0.25, -0.2) is 4.98 Å². The fraction of sp³-hybridized carbons (Fsp3) is 0.0909. The van der Waals surface area contributed by atoms with Crippen LogP contribution < -0.4 is 5.32 Å². The molecule has 0 aliphatic carbocycles. The molecule has 1 aromatic carbocycles. The van der Waals surface area contributed by atoms with Crippen molar-refractivity contribution in [2.24, 2.45) is 0 Å². The molecule has 0 aliphatic heterocycles. The van der Waals surface area contributed by atoms with Crippen LogP contribution in [-0.4, -0.2) is 16.0 Å². The zero-order valence-corrected chi connectivity index (χ0v) is 9.41. The van der Waals surface area contributed by atoms with Gasteiger partial charge in [-0.2, -0.15) is 0 Å². The van der Waals surface area contributed by atoms with Gasteiger partial charge < -0.3 is 10.4 Å². The summed E-state index contributed by atoms with van der Waals surface area (Å²) in [6, 6.07) is 6.85. The van der Waals surface area contributed by atoms with E-state index in [0.717, 1.165) is 10.4 Å². The second kappa shape index (κ2) is 4.32. The van der Waals surface area contributed by atoms with Crippen LogP contribution >= 0.6 is 11.3 Å². The molecule has 1 heterocycles. The van der Waals surface area contributed by atoms with Crippen molar-refractivity contribution in [1.82, 2.24) is 4.98 Å². The maximum absolute atomic E-state index is 10.8. The summed E-state index contributed by atoms with van der Waals surface area (Å²) in [5.74, 6) is 0.0990. The van der Waals surface area contributed by atoms with Crippen LogP contribution in [0, 0.1) is 0 Å². The monoisotopic (exact) mass is 234 g/mol. The number of aromatic hydroxyl groups is 1. The number of hydrogen-bond acceptors (Lipinski definition) is 4. The third-order valence-corrected chi connectivity index (χ3v) is 2.90. The molecule has 16 heavy (non-hydrogen) atoms. The average Bonchev–Trinajstić information content (AvgIpc) is 2.66. The fourth-order valence-corrected chi connectivity index (χ4v) is 2.11. The lowest BCUT2D eigenvalue weighted by molar-refractivity contribution is -0.114. The summed E-state index contributed by atoms with van der Waals surface area (Å²) in [4.78, 5) is 15.9. The van der Waals surface area contributed by atoms with E-state index in [1.54, 1.807) is 30.5 Å². The third kappa shape index (κ3) is 2.38. The summed E-state index contributed by atoms with van der Waals surface area (Å²) in [6.07, 6.45) is 1.70. The van der Waals surface area contributed by atoms with E-state index < -0.39 is 0 Å². The van der Waals surface area contributed by atoms with E-state index in [9.17, 15) is 4.79 Å². The molecule has 82 valence electrons. The number of carbonyl (C=O) groups is 1. The molecule has 0 radical (unpaired) electrons. The van der Waals surface area contributed by atoms with Gasteiger partial charge in [-0.15, -0.1) is 0 Å². The number of aromatic nitrogens is 1. The number of phenolic OH excluding ortho intramolecular Hbond substituents is 1. The van der Waals surface area contributed by atoms with Crippen molar-refractivity contribution < 1.29 is 9.90 Å². The van der Waals surface area contributed by atoms with Crippen LogP contribution in [0.5, 0.6) is 5.75 Å². The first-order valence-electron chi connectivity index (χ1n) is 4.68. The quantitative estimate of drug-likeness (QED) is 0.839. The smallest absolute Gasteiger partial charge is 0.223 e. The highest BCUT2D eigenvalue weighted by atomic mass is 32.1. The Kier molecular flexibility index (Phi) is 2.87. The number of nitrogens with one attached hydrogen (secondary N) is 1. The number of anilines is 1. The van der Waals surface area contributed by atoms with Crippen LogP contribution in [0.2, 0.25) is 0 Å². The molecule has 0 spiro atoms. The van der Waals surface area contributed by atoms with Crippen LogP contribution in [0.3, 0.4) is 0 Å². The molecule has 0 bridgehead atoms. The second-order valence-electron chi connectivity index (χ2n) is 3.26. The van der Waals surface area contributed by atoms with Gasteiger partial charge >= 0.3 is 0 Å². The molecular formula is C11H10N2O2S. The van der Waals surface area contributed by atoms with Gasteiger partial charge in [0.2, 0.25) is 5.91 Å². The van der Waals surface area contributed by atoms with E-state index in [0.29, 0.717) is 5.13 Å². The molecule has 1 aromatic heterocycles.